The molecule has 3 nitrogen and oxygen atoms in total. The minimum Gasteiger partial charge on any atom is -1.00 e. The van der Waals surface area contributed by atoms with Crippen LogP contribution in [0, 0.1) is 30.1 Å². The second kappa shape index (κ2) is 7.03. The van der Waals surface area contributed by atoms with Gasteiger partial charge in [0.05, 0.1) is 6.61 Å². The van der Waals surface area contributed by atoms with Gasteiger partial charge in [0.2, 0.25) is 6.54 Å². The predicted octanol–water partition coefficient (Wildman–Crippen LogP) is 0.436. The van der Waals surface area contributed by atoms with E-state index in [0.717, 1.165) is 29.9 Å². The number of pyridine rings is 1. The van der Waals surface area contributed by atoms with Crippen molar-refractivity contribution in [1.82, 2.24) is 0 Å². The number of esters is 1. The van der Waals surface area contributed by atoms with Gasteiger partial charge in [0, 0.05) is 19.1 Å². The smallest absolute Gasteiger partial charge is 0.372 e. The largest absolute Gasteiger partial charge is 1.00 e. The quantitative estimate of drug-likeness (QED) is 0.570. The summed E-state index contributed by atoms with van der Waals surface area (Å²) < 4.78 is 7.53. The summed E-state index contributed by atoms with van der Waals surface area (Å²) in [6, 6.07) is 5.96. The minimum atomic E-state index is -0.103. The second-order valence-corrected chi connectivity index (χ2v) is 8.36. The fourth-order valence-corrected chi connectivity index (χ4v) is 5.90. The lowest BCUT2D eigenvalue weighted by molar-refractivity contribution is -0.691. The molecule has 0 N–H and O–H groups in total. The summed E-state index contributed by atoms with van der Waals surface area (Å²) in [5.74, 6) is 2.81. The van der Waals surface area contributed by atoms with Crippen LogP contribution in [0.5, 0.6) is 0 Å². The predicted molar refractivity (Wildman–Crippen MR) is 87.6 cm³/mol. The van der Waals surface area contributed by atoms with Crippen LogP contribution in [-0.2, 0) is 16.1 Å². The molecular formula is C20H28ClNO2. The highest BCUT2D eigenvalue weighted by atomic mass is 35.5. The number of carbonyl (C=O) groups excluding carboxylic acids is 1. The summed E-state index contributed by atoms with van der Waals surface area (Å²) in [5, 5.41) is 0. The molecule has 0 unspecified atom stereocenters. The van der Waals surface area contributed by atoms with E-state index in [0.29, 0.717) is 18.6 Å². The maximum Gasteiger partial charge on any atom is 0.372 e. The number of carbonyl (C=O) groups is 1. The lowest BCUT2D eigenvalue weighted by atomic mass is 9.49. The van der Waals surface area contributed by atoms with Gasteiger partial charge in [0.1, 0.15) is 0 Å². The Labute approximate surface area is 151 Å². The average molecular weight is 350 g/mol. The van der Waals surface area contributed by atoms with Crippen molar-refractivity contribution in [3.8, 4) is 0 Å². The van der Waals surface area contributed by atoms with Crippen LogP contribution in [-0.4, -0.2) is 12.6 Å². The van der Waals surface area contributed by atoms with Crippen molar-refractivity contribution >= 4 is 5.97 Å². The number of rotatable bonds is 5. The molecule has 0 amide bonds. The molecule has 1 aromatic rings. The summed E-state index contributed by atoms with van der Waals surface area (Å²) in [7, 11) is 0. The Morgan fingerprint density at radius 2 is 1.79 bits per heavy atom. The Bertz CT molecular complexity index is 566. The van der Waals surface area contributed by atoms with Crippen LogP contribution in [0.1, 0.15) is 50.6 Å². The van der Waals surface area contributed by atoms with E-state index in [2.05, 4.69) is 0 Å². The monoisotopic (exact) mass is 349 g/mol. The van der Waals surface area contributed by atoms with Crippen LogP contribution in [0.4, 0.5) is 0 Å². The van der Waals surface area contributed by atoms with E-state index in [1.165, 1.54) is 38.5 Å². The Balaban J connectivity index is 0.00000169. The molecule has 4 bridgehead atoms. The van der Waals surface area contributed by atoms with Crippen LogP contribution >= 0.6 is 0 Å². The van der Waals surface area contributed by atoms with Crippen LogP contribution in [0.2, 0.25) is 0 Å². The van der Waals surface area contributed by atoms with Gasteiger partial charge in [-0.15, -0.1) is 0 Å². The Hall–Kier alpha value is -1.09. The molecule has 0 aromatic carbocycles. The van der Waals surface area contributed by atoms with E-state index < -0.39 is 0 Å². The van der Waals surface area contributed by atoms with Crippen LogP contribution in [0.3, 0.4) is 0 Å². The number of ether oxygens (including phenoxy) is 1. The molecule has 5 rings (SSSR count). The SMILES string of the molecule is Cc1cccc[n+]1CC(=O)OCCC12CC3CC(CC(C3)C1)C2.[Cl-]. The normalized spacial score (nSPS) is 33.1. The maximum absolute atomic E-state index is 12.1. The number of aromatic nitrogens is 1. The van der Waals surface area contributed by atoms with Crippen molar-refractivity contribution in [2.45, 2.75) is 58.4 Å². The molecular weight excluding hydrogens is 322 g/mol. The third kappa shape index (κ3) is 3.61. The van der Waals surface area contributed by atoms with Gasteiger partial charge in [-0.2, -0.15) is 4.57 Å². The Morgan fingerprint density at radius 1 is 1.17 bits per heavy atom. The zero-order valence-electron chi connectivity index (χ0n) is 14.5. The first-order valence-electron chi connectivity index (χ1n) is 9.23. The molecule has 4 aliphatic rings. The number of hydrogen-bond donors (Lipinski definition) is 0. The Morgan fingerprint density at radius 3 is 2.38 bits per heavy atom. The third-order valence-corrected chi connectivity index (χ3v) is 6.53. The van der Waals surface area contributed by atoms with Crippen molar-refractivity contribution in [3.63, 3.8) is 0 Å². The van der Waals surface area contributed by atoms with Gasteiger partial charge < -0.3 is 17.1 Å². The van der Waals surface area contributed by atoms with E-state index in [1.54, 1.807) is 0 Å². The summed E-state index contributed by atoms with van der Waals surface area (Å²) in [6.07, 6.45) is 11.6. The molecule has 1 aromatic heterocycles. The molecule has 4 fully saturated rings. The van der Waals surface area contributed by atoms with Gasteiger partial charge in [-0.05, 0) is 68.1 Å². The molecule has 0 saturated heterocycles. The lowest BCUT2D eigenvalue weighted by Crippen LogP contribution is -3.00. The van der Waals surface area contributed by atoms with E-state index >= 15 is 0 Å². The Kier molecular flexibility index (Phi) is 5.19. The molecule has 0 atom stereocenters. The van der Waals surface area contributed by atoms with E-state index in [4.69, 9.17) is 4.74 Å². The van der Waals surface area contributed by atoms with Gasteiger partial charge in [-0.25, -0.2) is 4.79 Å². The summed E-state index contributed by atoms with van der Waals surface area (Å²) >= 11 is 0. The van der Waals surface area contributed by atoms with Crippen molar-refractivity contribution in [2.24, 2.45) is 23.2 Å². The molecule has 1 heterocycles. The highest BCUT2D eigenvalue weighted by molar-refractivity contribution is 5.67. The lowest BCUT2D eigenvalue weighted by Gasteiger charge is -2.57. The molecule has 0 aliphatic heterocycles. The molecule has 0 radical (unpaired) electrons. The van der Waals surface area contributed by atoms with Crippen LogP contribution in [0.15, 0.2) is 24.4 Å². The van der Waals surface area contributed by atoms with Crippen molar-refractivity contribution in [2.75, 3.05) is 6.61 Å². The second-order valence-electron chi connectivity index (χ2n) is 8.36. The maximum atomic E-state index is 12.1. The van der Waals surface area contributed by atoms with Gasteiger partial charge in [0.25, 0.3) is 0 Å². The highest BCUT2D eigenvalue weighted by Gasteiger charge is 2.50. The van der Waals surface area contributed by atoms with Crippen molar-refractivity contribution in [1.29, 1.82) is 0 Å². The first-order chi connectivity index (χ1) is 11.1. The van der Waals surface area contributed by atoms with E-state index in [9.17, 15) is 4.79 Å². The molecule has 24 heavy (non-hydrogen) atoms. The van der Waals surface area contributed by atoms with Crippen molar-refractivity contribution < 1.29 is 26.5 Å². The van der Waals surface area contributed by atoms with Gasteiger partial charge >= 0.3 is 5.97 Å². The number of aryl methyl sites for hydroxylation is 1. The zero-order valence-corrected chi connectivity index (χ0v) is 15.3. The number of hydrogen-bond acceptors (Lipinski definition) is 2. The van der Waals surface area contributed by atoms with Gasteiger partial charge in [0.15, 0.2) is 11.9 Å². The molecule has 132 valence electrons. The molecule has 4 saturated carbocycles. The first-order valence-corrected chi connectivity index (χ1v) is 9.23. The van der Waals surface area contributed by atoms with Crippen molar-refractivity contribution in [3.05, 3.63) is 30.1 Å². The fraction of sp³-hybridized carbons (Fsp3) is 0.700. The third-order valence-electron chi connectivity index (χ3n) is 6.53. The summed E-state index contributed by atoms with van der Waals surface area (Å²) in [6.45, 7) is 2.95. The first kappa shape index (κ1) is 17.7. The van der Waals surface area contributed by atoms with Crippen LogP contribution < -0.4 is 17.0 Å². The van der Waals surface area contributed by atoms with Gasteiger partial charge in [-0.1, -0.05) is 6.07 Å². The number of nitrogens with zero attached hydrogens (tertiary/aromatic N) is 1. The highest BCUT2D eigenvalue weighted by Crippen LogP contribution is 2.61. The van der Waals surface area contributed by atoms with Gasteiger partial charge in [-0.3, -0.25) is 0 Å². The summed E-state index contributed by atoms with van der Waals surface area (Å²) in [5.41, 5.74) is 1.59. The standard InChI is InChI=1S/C20H28NO2.ClH/c1-15-4-2-3-6-21(15)14-19(22)23-7-5-20-11-16-8-17(12-20)10-18(9-16)13-20;/h2-4,6,16-18H,5,7-14H2,1H3;1H/q+1;/p-1. The summed E-state index contributed by atoms with van der Waals surface area (Å²) in [4.78, 5) is 12.1. The minimum absolute atomic E-state index is 0. The molecule has 4 heteroatoms. The van der Waals surface area contributed by atoms with E-state index in [-0.39, 0.29) is 18.4 Å². The molecule has 4 aliphatic carbocycles. The average Bonchev–Trinajstić information content (AvgIpc) is 2.48. The number of halogens is 1. The van der Waals surface area contributed by atoms with Crippen LogP contribution in [0.25, 0.3) is 0 Å². The zero-order chi connectivity index (χ0) is 15.9. The topological polar surface area (TPSA) is 30.2 Å². The van der Waals surface area contributed by atoms with E-state index in [1.807, 2.05) is 35.9 Å². The molecule has 0 spiro atoms. The fourth-order valence-electron chi connectivity index (χ4n) is 5.90.